The highest BCUT2D eigenvalue weighted by atomic mass is 32.2. The average Bonchev–Trinajstić information content (AvgIpc) is 2.75. The van der Waals surface area contributed by atoms with Crippen molar-refractivity contribution in [1.29, 1.82) is 0 Å². The summed E-state index contributed by atoms with van der Waals surface area (Å²) in [6.07, 6.45) is 3.37. The Bertz CT molecular complexity index is 780. The summed E-state index contributed by atoms with van der Waals surface area (Å²) in [4.78, 5) is 0.343. The number of hydrogen-bond donors (Lipinski definition) is 2. The predicted molar refractivity (Wildman–Crippen MR) is 82.0 cm³/mol. The molecular formula is C14H18N4O2S. The normalized spacial score (nSPS) is 14.4. The van der Waals surface area contributed by atoms with Gasteiger partial charge in [-0.15, -0.1) is 0 Å². The number of hydrogen-bond acceptors (Lipinski definition) is 4. The summed E-state index contributed by atoms with van der Waals surface area (Å²) in [6, 6.07) is 5.34. The summed E-state index contributed by atoms with van der Waals surface area (Å²) < 4.78 is 29.5. The minimum Gasteiger partial charge on any atom is -0.385 e. The Labute approximate surface area is 124 Å². The van der Waals surface area contributed by atoms with Crippen molar-refractivity contribution in [1.82, 2.24) is 9.78 Å². The van der Waals surface area contributed by atoms with Gasteiger partial charge in [0.1, 0.15) is 0 Å². The molecular weight excluding hydrogens is 288 g/mol. The molecule has 0 spiro atoms. The average molecular weight is 306 g/mol. The Morgan fingerprint density at radius 1 is 1.38 bits per heavy atom. The van der Waals surface area contributed by atoms with Crippen LogP contribution in [0.5, 0.6) is 0 Å². The van der Waals surface area contributed by atoms with E-state index in [0.717, 1.165) is 30.6 Å². The zero-order chi connectivity index (χ0) is 15.0. The van der Waals surface area contributed by atoms with E-state index in [1.54, 1.807) is 37.0 Å². The molecule has 21 heavy (non-hydrogen) atoms. The van der Waals surface area contributed by atoms with Crippen molar-refractivity contribution in [3.05, 3.63) is 35.7 Å². The van der Waals surface area contributed by atoms with E-state index in [4.69, 9.17) is 0 Å². The van der Waals surface area contributed by atoms with Gasteiger partial charge in [-0.1, -0.05) is 6.07 Å². The summed E-state index contributed by atoms with van der Waals surface area (Å²) >= 11 is 0. The van der Waals surface area contributed by atoms with E-state index in [9.17, 15) is 8.42 Å². The Morgan fingerprint density at radius 3 is 2.90 bits per heavy atom. The molecule has 2 aromatic rings. The van der Waals surface area contributed by atoms with Crippen molar-refractivity contribution in [3.8, 4) is 0 Å². The second-order valence-electron chi connectivity index (χ2n) is 5.22. The highest BCUT2D eigenvalue weighted by Gasteiger charge is 2.23. The molecule has 6 nitrogen and oxygen atoms in total. The first-order valence-corrected chi connectivity index (χ1v) is 8.34. The second kappa shape index (κ2) is 5.07. The van der Waals surface area contributed by atoms with E-state index >= 15 is 0 Å². The number of rotatable bonds is 3. The molecule has 1 aliphatic rings. The van der Waals surface area contributed by atoms with Gasteiger partial charge in [0.2, 0.25) is 0 Å². The third-order valence-electron chi connectivity index (χ3n) is 3.60. The van der Waals surface area contributed by atoms with Crippen LogP contribution in [-0.4, -0.2) is 24.7 Å². The zero-order valence-electron chi connectivity index (χ0n) is 12.0. The van der Waals surface area contributed by atoms with Gasteiger partial charge in [0.25, 0.3) is 10.0 Å². The number of anilines is 2. The van der Waals surface area contributed by atoms with Gasteiger partial charge < -0.3 is 5.32 Å². The SMILES string of the molecule is Cc1nn(C)cc1NS(=O)(=O)c1cccc2c1CCCN2. The van der Waals surface area contributed by atoms with Crippen molar-refractivity contribution in [2.24, 2.45) is 7.05 Å². The van der Waals surface area contributed by atoms with Crippen LogP contribution in [0, 0.1) is 6.92 Å². The Balaban J connectivity index is 2.01. The second-order valence-corrected chi connectivity index (χ2v) is 6.87. The lowest BCUT2D eigenvalue weighted by atomic mass is 10.0. The van der Waals surface area contributed by atoms with Crippen LogP contribution >= 0.6 is 0 Å². The third kappa shape index (κ3) is 2.61. The Hall–Kier alpha value is -2.02. The first-order chi connectivity index (χ1) is 9.97. The fourth-order valence-electron chi connectivity index (χ4n) is 2.63. The number of sulfonamides is 1. The molecule has 0 saturated carbocycles. The van der Waals surface area contributed by atoms with Crippen LogP contribution in [0.1, 0.15) is 17.7 Å². The minimum absolute atomic E-state index is 0.343. The van der Waals surface area contributed by atoms with Crippen LogP contribution in [-0.2, 0) is 23.5 Å². The molecule has 2 heterocycles. The largest absolute Gasteiger partial charge is 0.385 e. The maximum Gasteiger partial charge on any atom is 0.262 e. The summed E-state index contributed by atoms with van der Waals surface area (Å²) in [7, 11) is -1.84. The molecule has 0 fully saturated rings. The number of benzene rings is 1. The summed E-state index contributed by atoms with van der Waals surface area (Å²) in [6.45, 7) is 2.66. The first-order valence-electron chi connectivity index (χ1n) is 6.86. The quantitative estimate of drug-likeness (QED) is 0.908. The fourth-order valence-corrected chi connectivity index (χ4v) is 4.02. The molecule has 0 saturated heterocycles. The van der Waals surface area contributed by atoms with E-state index in [0.29, 0.717) is 16.3 Å². The molecule has 1 aliphatic heterocycles. The summed E-state index contributed by atoms with van der Waals surface area (Å²) in [5.74, 6) is 0. The van der Waals surface area contributed by atoms with Crippen LogP contribution in [0.3, 0.4) is 0 Å². The van der Waals surface area contributed by atoms with Gasteiger partial charge >= 0.3 is 0 Å². The van der Waals surface area contributed by atoms with Crippen molar-refractivity contribution in [3.63, 3.8) is 0 Å². The van der Waals surface area contributed by atoms with Gasteiger partial charge in [0.15, 0.2) is 0 Å². The molecule has 7 heteroatoms. The molecule has 0 aliphatic carbocycles. The van der Waals surface area contributed by atoms with Gasteiger partial charge in [-0.3, -0.25) is 9.40 Å². The Kier molecular flexibility index (Phi) is 3.36. The molecule has 2 N–H and O–H groups in total. The van der Waals surface area contributed by atoms with Crippen molar-refractivity contribution >= 4 is 21.4 Å². The van der Waals surface area contributed by atoms with Crippen molar-refractivity contribution < 1.29 is 8.42 Å². The number of nitrogens with zero attached hydrogens (tertiary/aromatic N) is 2. The topological polar surface area (TPSA) is 76.0 Å². The van der Waals surface area contributed by atoms with Gasteiger partial charge in [0.05, 0.1) is 16.3 Å². The summed E-state index contributed by atoms with van der Waals surface area (Å²) in [5.41, 5.74) is 2.94. The number of nitrogens with one attached hydrogen (secondary N) is 2. The first kappa shape index (κ1) is 13.9. The lowest BCUT2D eigenvalue weighted by Gasteiger charge is -2.21. The molecule has 3 rings (SSSR count). The van der Waals surface area contributed by atoms with Gasteiger partial charge in [-0.2, -0.15) is 5.10 Å². The van der Waals surface area contributed by atoms with Crippen molar-refractivity contribution in [2.45, 2.75) is 24.7 Å². The summed E-state index contributed by atoms with van der Waals surface area (Å²) in [5, 5.41) is 7.40. The standard InChI is InChI=1S/C14H18N4O2S/c1-10-13(9-18(2)16-10)17-21(19,20)14-7-3-6-12-11(14)5-4-8-15-12/h3,6-7,9,15,17H,4-5,8H2,1-2H3. The maximum absolute atomic E-state index is 12.7. The number of aryl methyl sites for hydroxylation is 2. The molecule has 1 aromatic carbocycles. The predicted octanol–water partition coefficient (Wildman–Crippen LogP) is 1.89. The van der Waals surface area contributed by atoms with Crippen molar-refractivity contribution in [2.75, 3.05) is 16.6 Å². The third-order valence-corrected chi connectivity index (χ3v) is 5.05. The molecule has 0 atom stereocenters. The van der Waals surface area contributed by atoms with E-state index in [-0.39, 0.29) is 0 Å². The molecule has 0 bridgehead atoms. The zero-order valence-corrected chi connectivity index (χ0v) is 12.9. The molecule has 0 amide bonds. The smallest absolute Gasteiger partial charge is 0.262 e. The number of fused-ring (bicyclic) bond motifs is 1. The highest BCUT2D eigenvalue weighted by molar-refractivity contribution is 7.92. The van der Waals surface area contributed by atoms with E-state index in [2.05, 4.69) is 15.1 Å². The van der Waals surface area contributed by atoms with Gasteiger partial charge in [-0.05, 0) is 37.5 Å². The van der Waals surface area contributed by atoms with E-state index in [1.807, 2.05) is 6.07 Å². The monoisotopic (exact) mass is 306 g/mol. The van der Waals surface area contributed by atoms with E-state index < -0.39 is 10.0 Å². The van der Waals surface area contributed by atoms with E-state index in [1.165, 1.54) is 0 Å². The lowest BCUT2D eigenvalue weighted by Crippen LogP contribution is -2.19. The Morgan fingerprint density at radius 2 is 2.19 bits per heavy atom. The molecule has 0 unspecified atom stereocenters. The van der Waals surface area contributed by atoms with Gasteiger partial charge in [-0.25, -0.2) is 8.42 Å². The molecule has 112 valence electrons. The van der Waals surface area contributed by atoms with Crippen LogP contribution in [0.2, 0.25) is 0 Å². The maximum atomic E-state index is 12.7. The van der Waals surface area contributed by atoms with Crippen LogP contribution in [0.4, 0.5) is 11.4 Å². The highest BCUT2D eigenvalue weighted by Crippen LogP contribution is 2.29. The van der Waals surface area contributed by atoms with Crippen LogP contribution in [0.25, 0.3) is 0 Å². The fraction of sp³-hybridized carbons (Fsp3) is 0.357. The number of aromatic nitrogens is 2. The lowest BCUT2D eigenvalue weighted by molar-refractivity contribution is 0.599. The van der Waals surface area contributed by atoms with Gasteiger partial charge in [0, 0.05) is 25.5 Å². The molecule has 1 aromatic heterocycles. The van der Waals surface area contributed by atoms with Crippen LogP contribution in [0.15, 0.2) is 29.3 Å². The van der Waals surface area contributed by atoms with Crippen LogP contribution < -0.4 is 10.0 Å². The molecule has 0 radical (unpaired) electrons. The minimum atomic E-state index is -3.61.